The van der Waals surface area contributed by atoms with Crippen LogP contribution < -0.4 is 9.88 Å². The Morgan fingerprint density at radius 1 is 1.00 bits per heavy atom. The second kappa shape index (κ2) is 12.2. The summed E-state index contributed by atoms with van der Waals surface area (Å²) in [5.74, 6) is -0.202. The molecule has 184 valence electrons. The van der Waals surface area contributed by atoms with E-state index in [-0.39, 0.29) is 17.3 Å². The Morgan fingerprint density at radius 3 is 2.06 bits per heavy atom. The van der Waals surface area contributed by atoms with Crippen LogP contribution in [-0.2, 0) is 24.0 Å². The number of hydrogen-bond donors (Lipinski definition) is 2. The molecule has 2 N–H and O–H groups in total. The van der Waals surface area contributed by atoms with Crippen LogP contribution in [0.1, 0.15) is 5.56 Å². The summed E-state index contributed by atoms with van der Waals surface area (Å²) in [4.78, 5) is 12.1. The summed E-state index contributed by atoms with van der Waals surface area (Å²) in [6.07, 6.45) is 3.58. The number of nitrogens with zero attached hydrogens (tertiary/aromatic N) is 1. The van der Waals surface area contributed by atoms with Crippen LogP contribution in [0.4, 0.5) is 23.0 Å². The molecular formula is C20H20BF4IN2O5S. The molecular weight excluding hydrogens is 594 g/mol. The van der Waals surface area contributed by atoms with E-state index in [1.165, 1.54) is 12.1 Å². The molecule has 0 radical (unpaired) electrons. The molecule has 2 aromatic carbocycles. The van der Waals surface area contributed by atoms with Crippen LogP contribution >= 0.6 is 20.6 Å². The van der Waals surface area contributed by atoms with Crippen molar-refractivity contribution in [3.8, 4) is 0 Å². The monoisotopic (exact) mass is 614 g/mol. The predicted molar refractivity (Wildman–Crippen MR) is 126 cm³/mol. The second-order valence-corrected chi connectivity index (χ2v) is 11.8. The first-order chi connectivity index (χ1) is 15.8. The van der Waals surface area contributed by atoms with Crippen LogP contribution in [0.2, 0.25) is 0 Å². The van der Waals surface area contributed by atoms with E-state index >= 15 is 0 Å². The number of aromatic nitrogens is 1. The van der Waals surface area contributed by atoms with Crippen LogP contribution in [-0.4, -0.2) is 25.0 Å². The van der Waals surface area contributed by atoms with Crippen LogP contribution in [0.25, 0.3) is 0 Å². The Morgan fingerprint density at radius 2 is 1.53 bits per heavy atom. The van der Waals surface area contributed by atoms with Crippen LogP contribution in [0, 0.1) is 10.5 Å². The van der Waals surface area contributed by atoms with E-state index < -0.39 is 38.0 Å². The molecule has 1 aromatic heterocycles. The Bertz CT molecular complexity index is 1180. The minimum atomic E-state index is -6.00. The number of halogens is 5. The van der Waals surface area contributed by atoms with E-state index in [1.807, 2.05) is 25.1 Å². The summed E-state index contributed by atoms with van der Waals surface area (Å²) in [6.45, 7) is 2.01. The summed E-state index contributed by atoms with van der Waals surface area (Å²) in [5.41, 5.74) is 1.47. The molecule has 0 atom stereocenters. The molecule has 0 aliphatic heterocycles. The Kier molecular flexibility index (Phi) is 9.96. The van der Waals surface area contributed by atoms with Crippen molar-refractivity contribution in [3.05, 3.63) is 88.3 Å². The van der Waals surface area contributed by atoms with E-state index in [0.717, 1.165) is 5.56 Å². The SMILES string of the molecule is Cc1ccc(S(=O)(=O)OI(O)c2ccc(NC(=O)C[n+]3ccccc3)cc2)cc1.F[B-](F)(F)F. The number of carbonyl (C=O) groups excluding carboxylic acids is 1. The zero-order valence-corrected chi connectivity index (χ0v) is 20.6. The number of nitrogens with one attached hydrogen (secondary N) is 1. The van der Waals surface area contributed by atoms with E-state index in [0.29, 0.717) is 9.26 Å². The van der Waals surface area contributed by atoms with Crippen molar-refractivity contribution in [2.45, 2.75) is 18.4 Å². The number of amides is 1. The quantitative estimate of drug-likeness (QED) is 0.181. The predicted octanol–water partition coefficient (Wildman–Crippen LogP) is 4.13. The van der Waals surface area contributed by atoms with Gasteiger partial charge in [0.1, 0.15) is 0 Å². The molecule has 1 heterocycles. The molecule has 0 saturated carbocycles. The zero-order chi connectivity index (χ0) is 25.4. The third-order valence-electron chi connectivity index (χ3n) is 3.87. The van der Waals surface area contributed by atoms with Gasteiger partial charge in [0.15, 0.2) is 0 Å². The van der Waals surface area contributed by atoms with Crippen molar-refractivity contribution in [3.63, 3.8) is 0 Å². The topological polar surface area (TPSA) is 96.6 Å². The van der Waals surface area contributed by atoms with Crippen LogP contribution in [0.3, 0.4) is 0 Å². The largest absolute Gasteiger partial charge is 0.673 e. The number of rotatable bonds is 7. The van der Waals surface area contributed by atoms with Gasteiger partial charge in [-0.15, -0.1) is 0 Å². The summed E-state index contributed by atoms with van der Waals surface area (Å²) in [6, 6.07) is 18.1. The van der Waals surface area contributed by atoms with E-state index in [2.05, 4.69) is 5.32 Å². The van der Waals surface area contributed by atoms with Crippen molar-refractivity contribution in [1.29, 1.82) is 0 Å². The van der Waals surface area contributed by atoms with E-state index in [9.17, 15) is 33.9 Å². The summed E-state index contributed by atoms with van der Waals surface area (Å²) in [5, 5.41) is 2.75. The Labute approximate surface area is 202 Å². The average Bonchev–Trinajstić information content (AvgIpc) is 2.73. The molecule has 0 bridgehead atoms. The van der Waals surface area contributed by atoms with Crippen molar-refractivity contribution in [1.82, 2.24) is 0 Å². The van der Waals surface area contributed by atoms with Gasteiger partial charge < -0.3 is 17.3 Å². The van der Waals surface area contributed by atoms with Crippen LogP contribution in [0.15, 0.2) is 84.0 Å². The first-order valence-corrected chi connectivity index (χ1v) is 13.8. The fraction of sp³-hybridized carbons (Fsp3) is 0.100. The molecule has 3 rings (SSSR count). The molecule has 3 aromatic rings. The van der Waals surface area contributed by atoms with Crippen molar-refractivity contribution in [2.24, 2.45) is 0 Å². The van der Waals surface area contributed by atoms with Gasteiger partial charge in [0.05, 0.1) is 0 Å². The number of carbonyl (C=O) groups is 1. The smallest absolute Gasteiger partial charge is 0.418 e. The van der Waals surface area contributed by atoms with E-state index in [4.69, 9.17) is 2.51 Å². The van der Waals surface area contributed by atoms with Gasteiger partial charge in [-0.1, -0.05) is 0 Å². The van der Waals surface area contributed by atoms with Gasteiger partial charge in [-0.3, -0.25) is 0 Å². The fourth-order valence-corrected chi connectivity index (χ4v) is 6.74. The van der Waals surface area contributed by atoms with E-state index in [1.54, 1.807) is 53.4 Å². The van der Waals surface area contributed by atoms with Gasteiger partial charge in [0, 0.05) is 0 Å². The van der Waals surface area contributed by atoms with Gasteiger partial charge >= 0.3 is 185 Å². The van der Waals surface area contributed by atoms with Gasteiger partial charge in [-0.25, -0.2) is 0 Å². The van der Waals surface area contributed by atoms with Gasteiger partial charge in [-0.2, -0.15) is 0 Å². The van der Waals surface area contributed by atoms with Gasteiger partial charge in [0.25, 0.3) is 0 Å². The minimum Gasteiger partial charge on any atom is -0.418 e. The molecule has 14 heteroatoms. The Balaban J connectivity index is 0.000000739. The second-order valence-electron chi connectivity index (χ2n) is 6.66. The number of benzene rings is 2. The third kappa shape index (κ3) is 10.2. The molecule has 0 fully saturated rings. The molecule has 34 heavy (non-hydrogen) atoms. The third-order valence-corrected chi connectivity index (χ3v) is 9.23. The maximum Gasteiger partial charge on any atom is 0.673 e. The average molecular weight is 614 g/mol. The number of aryl methyl sites for hydroxylation is 1. The fourth-order valence-electron chi connectivity index (χ4n) is 2.40. The maximum atomic E-state index is 12.3. The van der Waals surface area contributed by atoms with Gasteiger partial charge in [0.2, 0.25) is 0 Å². The minimum absolute atomic E-state index is 0.00162. The molecule has 0 unspecified atom stereocenters. The number of hydrogen-bond acceptors (Lipinski definition) is 5. The normalized spacial score (nSPS) is 11.8. The first-order valence-electron chi connectivity index (χ1n) is 9.46. The number of anilines is 1. The van der Waals surface area contributed by atoms with Crippen LogP contribution in [0.5, 0.6) is 0 Å². The molecule has 0 saturated heterocycles. The van der Waals surface area contributed by atoms with Crippen molar-refractivity contribution >= 4 is 49.6 Å². The summed E-state index contributed by atoms with van der Waals surface area (Å²) >= 11 is -3.38. The molecule has 0 spiro atoms. The summed E-state index contributed by atoms with van der Waals surface area (Å²) < 4.78 is 81.1. The summed E-state index contributed by atoms with van der Waals surface area (Å²) in [7, 11) is -10.0. The zero-order valence-electron chi connectivity index (χ0n) is 17.6. The van der Waals surface area contributed by atoms with Gasteiger partial charge in [-0.05, 0) is 0 Å². The molecule has 0 aliphatic rings. The standard InChI is InChI=1S/C20H19IN2O5S.BF4/c1-16-5-11-19(12-6-16)29(26,27)28-21(25)17-7-9-18(10-8-17)22-20(24)15-23-13-3-2-4-14-23;2-1(3,4)5/h2-14,25H,15H2,1H3;/q;-1/p+1. The number of pyridine rings is 1. The van der Waals surface area contributed by atoms with Crippen molar-refractivity contribution in [2.75, 3.05) is 5.32 Å². The maximum absolute atomic E-state index is 12.3. The van der Waals surface area contributed by atoms with Crippen molar-refractivity contribution < 1.29 is 41.0 Å². The first kappa shape index (κ1) is 27.7. The molecule has 7 nitrogen and oxygen atoms in total. The Hall–Kier alpha value is -2.56. The molecule has 1 amide bonds. The molecule has 0 aliphatic carbocycles.